The molecule has 4 aromatic rings. The summed E-state index contributed by atoms with van der Waals surface area (Å²) in [6.07, 6.45) is 0.987. The monoisotopic (exact) mass is 462 g/mol. The number of aryl methyl sites for hydroxylation is 1. The van der Waals surface area contributed by atoms with Gasteiger partial charge in [0.2, 0.25) is 0 Å². The Morgan fingerprint density at radius 3 is 2.76 bits per heavy atom. The molecule has 0 atom stereocenters. The maximum atomic E-state index is 12.5. The van der Waals surface area contributed by atoms with Gasteiger partial charge in [0.25, 0.3) is 5.91 Å². The highest BCUT2D eigenvalue weighted by Crippen LogP contribution is 2.31. The van der Waals surface area contributed by atoms with E-state index in [1.54, 1.807) is 29.5 Å². The van der Waals surface area contributed by atoms with Crippen molar-refractivity contribution in [2.75, 3.05) is 44.2 Å². The number of amides is 1. The highest BCUT2D eigenvalue weighted by Gasteiger charge is 2.21. The number of rotatable bonds is 6. The Hall–Kier alpha value is -3.23. The second-order valence-electron chi connectivity index (χ2n) is 8.18. The third-order valence-corrected chi connectivity index (χ3v) is 7.20. The standard InChI is InChI=1S/C25H26N4O3S/c1-2-17-7-5-9-21-22(17)27-25(33-21)29-14-12-28(13-15-29)11-10-26-23(30)19-16-18-6-3-4-8-20(18)32-24(19)31/h3-9,16H,2,10-15H2,1H3,(H,26,30). The minimum atomic E-state index is -0.609. The van der Waals surface area contributed by atoms with Crippen LogP contribution in [0.5, 0.6) is 0 Å². The van der Waals surface area contributed by atoms with Crippen molar-refractivity contribution in [2.45, 2.75) is 13.3 Å². The molecule has 0 aliphatic carbocycles. The molecule has 33 heavy (non-hydrogen) atoms. The molecule has 5 rings (SSSR count). The Kier molecular flexibility index (Phi) is 6.11. The predicted octanol–water partition coefficient (Wildman–Crippen LogP) is 3.52. The van der Waals surface area contributed by atoms with E-state index >= 15 is 0 Å². The normalized spacial score (nSPS) is 14.8. The Morgan fingerprint density at radius 1 is 1.12 bits per heavy atom. The van der Waals surface area contributed by atoms with E-state index in [9.17, 15) is 9.59 Å². The van der Waals surface area contributed by atoms with Gasteiger partial charge < -0.3 is 14.6 Å². The summed E-state index contributed by atoms with van der Waals surface area (Å²) in [7, 11) is 0. The van der Waals surface area contributed by atoms with Gasteiger partial charge in [-0.1, -0.05) is 48.6 Å². The van der Waals surface area contributed by atoms with Crippen LogP contribution < -0.4 is 15.8 Å². The Morgan fingerprint density at radius 2 is 1.94 bits per heavy atom. The Labute approximate surface area is 195 Å². The highest BCUT2D eigenvalue weighted by atomic mass is 32.1. The molecule has 1 fully saturated rings. The molecule has 1 aliphatic rings. The van der Waals surface area contributed by atoms with Crippen molar-refractivity contribution in [2.24, 2.45) is 0 Å². The maximum Gasteiger partial charge on any atom is 0.349 e. The summed E-state index contributed by atoms with van der Waals surface area (Å²) in [5.74, 6) is -0.394. The number of hydrogen-bond acceptors (Lipinski definition) is 7. The molecule has 2 aromatic heterocycles. The van der Waals surface area contributed by atoms with E-state index in [-0.39, 0.29) is 5.56 Å². The number of carbonyl (C=O) groups excluding carboxylic acids is 1. The molecule has 0 unspecified atom stereocenters. The van der Waals surface area contributed by atoms with Gasteiger partial charge >= 0.3 is 5.63 Å². The van der Waals surface area contributed by atoms with Gasteiger partial charge in [0.15, 0.2) is 5.13 Å². The number of carbonyl (C=O) groups is 1. The van der Waals surface area contributed by atoms with Gasteiger partial charge in [-0.2, -0.15) is 0 Å². The lowest BCUT2D eigenvalue weighted by molar-refractivity contribution is 0.0944. The minimum Gasteiger partial charge on any atom is -0.422 e. The Bertz CT molecular complexity index is 1350. The third kappa shape index (κ3) is 4.49. The van der Waals surface area contributed by atoms with Crippen molar-refractivity contribution in [3.8, 4) is 0 Å². The van der Waals surface area contributed by atoms with Gasteiger partial charge in [0.1, 0.15) is 11.1 Å². The molecule has 0 spiro atoms. The zero-order chi connectivity index (χ0) is 22.8. The second-order valence-corrected chi connectivity index (χ2v) is 9.19. The van der Waals surface area contributed by atoms with Crippen LogP contribution in [0.4, 0.5) is 5.13 Å². The van der Waals surface area contributed by atoms with Crippen molar-refractivity contribution >= 4 is 43.6 Å². The van der Waals surface area contributed by atoms with E-state index in [0.29, 0.717) is 12.1 Å². The zero-order valence-electron chi connectivity index (χ0n) is 18.5. The average molecular weight is 463 g/mol. The number of benzene rings is 2. The smallest absolute Gasteiger partial charge is 0.349 e. The molecule has 170 valence electrons. The minimum absolute atomic E-state index is 0.0424. The quantitative estimate of drug-likeness (QED) is 0.442. The number of fused-ring (bicyclic) bond motifs is 2. The molecule has 3 heterocycles. The first-order valence-electron chi connectivity index (χ1n) is 11.3. The molecule has 1 amide bonds. The van der Waals surface area contributed by atoms with E-state index in [0.717, 1.165) is 55.2 Å². The van der Waals surface area contributed by atoms with E-state index in [1.807, 2.05) is 12.1 Å². The fourth-order valence-corrected chi connectivity index (χ4v) is 5.29. The van der Waals surface area contributed by atoms with Crippen LogP contribution in [0.1, 0.15) is 22.8 Å². The largest absolute Gasteiger partial charge is 0.422 e. The molecule has 1 N–H and O–H groups in total. The van der Waals surface area contributed by atoms with Crippen LogP contribution in [0, 0.1) is 0 Å². The molecular weight excluding hydrogens is 436 g/mol. The molecular formula is C25H26N4O3S. The molecule has 8 heteroatoms. The number of piperazine rings is 1. The van der Waals surface area contributed by atoms with E-state index in [2.05, 4.69) is 40.2 Å². The third-order valence-electron chi connectivity index (χ3n) is 6.11. The van der Waals surface area contributed by atoms with Crippen molar-refractivity contribution in [1.29, 1.82) is 0 Å². The molecule has 1 saturated heterocycles. The summed E-state index contributed by atoms with van der Waals surface area (Å²) in [5, 5.41) is 4.68. The SMILES string of the molecule is CCc1cccc2sc(N3CCN(CCNC(=O)c4cc5ccccc5oc4=O)CC3)nc12. The first kappa shape index (κ1) is 21.6. The number of nitrogens with zero attached hydrogens (tertiary/aromatic N) is 3. The van der Waals surface area contributed by atoms with Crippen LogP contribution in [0.2, 0.25) is 0 Å². The van der Waals surface area contributed by atoms with Crippen LogP contribution in [-0.2, 0) is 6.42 Å². The van der Waals surface area contributed by atoms with Crippen molar-refractivity contribution in [3.05, 3.63) is 70.1 Å². The van der Waals surface area contributed by atoms with Crippen molar-refractivity contribution in [1.82, 2.24) is 15.2 Å². The van der Waals surface area contributed by atoms with E-state index < -0.39 is 11.5 Å². The fraction of sp³-hybridized carbons (Fsp3) is 0.320. The zero-order valence-corrected chi connectivity index (χ0v) is 19.4. The summed E-state index contributed by atoms with van der Waals surface area (Å²) >= 11 is 1.76. The van der Waals surface area contributed by atoms with Gasteiger partial charge in [0.05, 0.1) is 10.2 Å². The van der Waals surface area contributed by atoms with Gasteiger partial charge in [-0.3, -0.25) is 9.69 Å². The second kappa shape index (κ2) is 9.33. The molecule has 7 nitrogen and oxygen atoms in total. The van der Waals surface area contributed by atoms with Crippen LogP contribution in [0.25, 0.3) is 21.2 Å². The lowest BCUT2D eigenvalue weighted by atomic mass is 10.1. The first-order chi connectivity index (χ1) is 16.1. The lowest BCUT2D eigenvalue weighted by Gasteiger charge is -2.34. The van der Waals surface area contributed by atoms with E-state index in [4.69, 9.17) is 9.40 Å². The average Bonchev–Trinajstić information content (AvgIpc) is 3.28. The summed E-state index contributed by atoms with van der Waals surface area (Å²) < 4.78 is 6.51. The van der Waals surface area contributed by atoms with Crippen LogP contribution in [-0.4, -0.2) is 55.1 Å². The van der Waals surface area contributed by atoms with Crippen LogP contribution >= 0.6 is 11.3 Å². The molecule has 2 aromatic carbocycles. The highest BCUT2D eigenvalue weighted by molar-refractivity contribution is 7.22. The van der Waals surface area contributed by atoms with Crippen molar-refractivity contribution in [3.63, 3.8) is 0 Å². The molecule has 1 aliphatic heterocycles. The fourth-order valence-electron chi connectivity index (χ4n) is 4.22. The number of thiazole rings is 1. The first-order valence-corrected chi connectivity index (χ1v) is 12.1. The molecule has 0 bridgehead atoms. The number of anilines is 1. The van der Waals surface area contributed by atoms with Crippen molar-refractivity contribution < 1.29 is 9.21 Å². The number of aromatic nitrogens is 1. The van der Waals surface area contributed by atoms with Crippen LogP contribution in [0.15, 0.2) is 57.7 Å². The number of hydrogen-bond donors (Lipinski definition) is 1. The molecule has 0 saturated carbocycles. The van der Waals surface area contributed by atoms with Gasteiger partial charge in [-0.05, 0) is 30.2 Å². The number of para-hydroxylation sites is 2. The Balaban J connectivity index is 1.14. The maximum absolute atomic E-state index is 12.5. The van der Waals surface area contributed by atoms with Gasteiger partial charge in [-0.25, -0.2) is 9.78 Å². The lowest BCUT2D eigenvalue weighted by Crippen LogP contribution is -2.48. The topological polar surface area (TPSA) is 78.7 Å². The van der Waals surface area contributed by atoms with Crippen LogP contribution in [0.3, 0.4) is 0 Å². The van der Waals surface area contributed by atoms with E-state index in [1.165, 1.54) is 10.3 Å². The summed E-state index contributed by atoms with van der Waals surface area (Å²) in [4.78, 5) is 34.3. The molecule has 0 radical (unpaired) electrons. The summed E-state index contributed by atoms with van der Waals surface area (Å²) in [6.45, 7) is 7.00. The number of nitrogens with one attached hydrogen (secondary N) is 1. The van der Waals surface area contributed by atoms with Gasteiger partial charge in [0, 0.05) is 44.7 Å². The summed E-state index contributed by atoms with van der Waals surface area (Å²) in [6, 6.07) is 15.2. The summed E-state index contributed by atoms with van der Waals surface area (Å²) in [5.41, 5.74) is 2.34. The predicted molar refractivity (Wildman–Crippen MR) is 132 cm³/mol. The van der Waals surface area contributed by atoms with Gasteiger partial charge in [-0.15, -0.1) is 0 Å².